The molecule has 0 aliphatic rings. The van der Waals surface area contributed by atoms with Gasteiger partial charge in [0.15, 0.2) is 5.03 Å². The Balaban J connectivity index is 1.78. The number of para-hydroxylation sites is 1. The third kappa shape index (κ3) is 6.14. The summed E-state index contributed by atoms with van der Waals surface area (Å²) in [6.07, 6.45) is -0.772. The van der Waals surface area contributed by atoms with Crippen LogP contribution < -0.4 is 10.3 Å². The average molecular weight is 419 g/mol. The van der Waals surface area contributed by atoms with Crippen molar-refractivity contribution in [3.8, 4) is 0 Å². The summed E-state index contributed by atoms with van der Waals surface area (Å²) in [6.45, 7) is 0.0105. The fourth-order valence-corrected chi connectivity index (χ4v) is 2.98. The highest BCUT2D eigenvalue weighted by molar-refractivity contribution is 5.96. The van der Waals surface area contributed by atoms with E-state index in [0.717, 1.165) is 11.1 Å². The van der Waals surface area contributed by atoms with Gasteiger partial charge in [0.1, 0.15) is 18.3 Å². The second-order valence-electron chi connectivity index (χ2n) is 6.67. The molecule has 1 N–H and O–H groups in total. The zero-order valence-corrected chi connectivity index (χ0v) is 16.6. The van der Waals surface area contributed by atoms with Crippen LogP contribution in [0.25, 0.3) is 0 Å². The maximum atomic E-state index is 13.1. The third-order valence-corrected chi connectivity index (χ3v) is 4.46. The molecule has 0 bridgehead atoms. The molecule has 0 aromatic heterocycles. The minimum absolute atomic E-state index is 0.0105. The minimum Gasteiger partial charge on any atom is -0.445 e. The summed E-state index contributed by atoms with van der Waals surface area (Å²) in [5.41, 5.74) is 1.61. The first kappa shape index (κ1) is 21.5. The highest BCUT2D eigenvalue weighted by Crippen LogP contribution is 2.16. The SMILES string of the molecule is O=C(N[C@@H](Cc1ccccc1)C(=O)N(c1ccccc1)[N+](=O)[O-])OCc1ccccc1. The molecule has 0 unspecified atom stereocenters. The van der Waals surface area contributed by atoms with Gasteiger partial charge < -0.3 is 10.1 Å². The highest BCUT2D eigenvalue weighted by Gasteiger charge is 2.35. The number of hydrogen-bond acceptors (Lipinski definition) is 5. The minimum atomic E-state index is -1.20. The van der Waals surface area contributed by atoms with E-state index in [0.29, 0.717) is 5.01 Å². The van der Waals surface area contributed by atoms with Crippen LogP contribution in [0.5, 0.6) is 0 Å². The number of hydrazine groups is 1. The van der Waals surface area contributed by atoms with Crippen LogP contribution in [0.3, 0.4) is 0 Å². The molecule has 158 valence electrons. The van der Waals surface area contributed by atoms with Crippen molar-refractivity contribution in [2.75, 3.05) is 5.01 Å². The fourth-order valence-electron chi connectivity index (χ4n) is 2.98. The van der Waals surface area contributed by atoms with Crippen molar-refractivity contribution in [2.45, 2.75) is 19.1 Å². The number of nitrogens with zero attached hydrogens (tertiary/aromatic N) is 2. The van der Waals surface area contributed by atoms with Crippen LogP contribution in [-0.2, 0) is 22.6 Å². The predicted molar refractivity (Wildman–Crippen MR) is 115 cm³/mol. The second-order valence-corrected chi connectivity index (χ2v) is 6.67. The van der Waals surface area contributed by atoms with E-state index in [1.165, 1.54) is 12.1 Å². The van der Waals surface area contributed by atoms with Gasteiger partial charge in [-0.15, -0.1) is 0 Å². The van der Waals surface area contributed by atoms with Gasteiger partial charge in [0.25, 0.3) is 0 Å². The summed E-state index contributed by atoms with van der Waals surface area (Å²) < 4.78 is 5.20. The molecular formula is C23H21N3O5. The summed E-state index contributed by atoms with van der Waals surface area (Å²) in [6, 6.07) is 24.6. The van der Waals surface area contributed by atoms with Gasteiger partial charge in [0.05, 0.1) is 0 Å². The molecule has 8 heteroatoms. The Labute approximate surface area is 179 Å². The van der Waals surface area contributed by atoms with Gasteiger partial charge in [-0.3, -0.25) is 4.79 Å². The number of anilines is 1. The number of alkyl carbamates (subject to hydrolysis) is 1. The maximum Gasteiger partial charge on any atom is 0.408 e. The second kappa shape index (κ2) is 10.5. The summed E-state index contributed by atoms with van der Waals surface area (Å²) >= 11 is 0. The van der Waals surface area contributed by atoms with Crippen LogP contribution in [0, 0.1) is 10.1 Å². The molecule has 0 saturated carbocycles. The van der Waals surface area contributed by atoms with Crippen molar-refractivity contribution in [3.63, 3.8) is 0 Å². The molecule has 0 radical (unpaired) electrons. The van der Waals surface area contributed by atoms with E-state index in [4.69, 9.17) is 4.74 Å². The summed E-state index contributed by atoms with van der Waals surface area (Å²) in [4.78, 5) is 37.2. The zero-order chi connectivity index (χ0) is 22.1. The molecule has 2 amide bonds. The first-order valence-electron chi connectivity index (χ1n) is 9.59. The molecule has 31 heavy (non-hydrogen) atoms. The maximum absolute atomic E-state index is 13.1. The molecule has 0 spiro atoms. The monoisotopic (exact) mass is 419 g/mol. The summed E-state index contributed by atoms with van der Waals surface area (Å²) in [5.74, 6) is -0.878. The average Bonchev–Trinajstić information content (AvgIpc) is 2.79. The van der Waals surface area contributed by atoms with Crippen molar-refractivity contribution in [1.82, 2.24) is 5.32 Å². The first-order valence-corrected chi connectivity index (χ1v) is 9.59. The number of carbonyl (C=O) groups excluding carboxylic acids is 2. The normalized spacial score (nSPS) is 11.2. The number of ether oxygens (including phenoxy) is 1. The Kier molecular flexibility index (Phi) is 7.31. The Morgan fingerprint density at radius 1 is 0.871 bits per heavy atom. The number of benzene rings is 3. The molecule has 8 nitrogen and oxygen atoms in total. The quantitative estimate of drug-likeness (QED) is 0.443. The number of amides is 2. The van der Waals surface area contributed by atoms with Gasteiger partial charge in [-0.25, -0.2) is 14.9 Å². The van der Waals surface area contributed by atoms with Gasteiger partial charge in [0, 0.05) is 6.42 Å². The van der Waals surface area contributed by atoms with Crippen LogP contribution >= 0.6 is 0 Å². The molecule has 0 fully saturated rings. The van der Waals surface area contributed by atoms with E-state index < -0.39 is 23.1 Å². The number of hydrogen-bond donors (Lipinski definition) is 1. The van der Waals surface area contributed by atoms with Crippen molar-refractivity contribution < 1.29 is 19.4 Å². The molecule has 3 rings (SSSR count). The van der Waals surface area contributed by atoms with E-state index in [-0.39, 0.29) is 18.7 Å². The van der Waals surface area contributed by atoms with Crippen molar-refractivity contribution in [1.29, 1.82) is 0 Å². The van der Waals surface area contributed by atoms with Gasteiger partial charge in [-0.05, 0) is 28.3 Å². The summed E-state index contributed by atoms with van der Waals surface area (Å²) in [5, 5.41) is 13.8. The Hall–Kier alpha value is -4.20. The summed E-state index contributed by atoms with van der Waals surface area (Å²) in [7, 11) is 0. The van der Waals surface area contributed by atoms with E-state index in [9.17, 15) is 19.7 Å². The molecule has 0 aliphatic carbocycles. The fraction of sp³-hybridized carbons (Fsp3) is 0.130. The third-order valence-electron chi connectivity index (χ3n) is 4.46. The molecule has 0 saturated heterocycles. The number of carbonyl (C=O) groups is 2. The van der Waals surface area contributed by atoms with E-state index in [2.05, 4.69) is 5.32 Å². The lowest BCUT2D eigenvalue weighted by atomic mass is 10.1. The van der Waals surface area contributed by atoms with Gasteiger partial charge in [0.2, 0.25) is 0 Å². The molecule has 0 heterocycles. The van der Waals surface area contributed by atoms with Crippen molar-refractivity contribution >= 4 is 17.7 Å². The number of rotatable bonds is 8. The van der Waals surface area contributed by atoms with Crippen LogP contribution in [0.4, 0.5) is 10.5 Å². The van der Waals surface area contributed by atoms with Gasteiger partial charge >= 0.3 is 12.0 Å². The van der Waals surface area contributed by atoms with Crippen LogP contribution in [0.1, 0.15) is 11.1 Å². The Morgan fingerprint density at radius 2 is 1.39 bits per heavy atom. The lowest BCUT2D eigenvalue weighted by Gasteiger charge is -2.21. The van der Waals surface area contributed by atoms with Gasteiger partial charge in [-0.2, -0.15) is 0 Å². The largest absolute Gasteiger partial charge is 0.445 e. The van der Waals surface area contributed by atoms with Crippen molar-refractivity contribution in [2.24, 2.45) is 0 Å². The lowest BCUT2D eigenvalue weighted by molar-refractivity contribution is -0.484. The van der Waals surface area contributed by atoms with Crippen LogP contribution in [-0.4, -0.2) is 23.1 Å². The first-order chi connectivity index (χ1) is 15.0. The number of nitrogens with one attached hydrogen (secondary N) is 1. The predicted octanol–water partition coefficient (Wildman–Crippen LogP) is 3.75. The van der Waals surface area contributed by atoms with Crippen LogP contribution in [0.2, 0.25) is 0 Å². The van der Waals surface area contributed by atoms with Crippen LogP contribution in [0.15, 0.2) is 91.0 Å². The zero-order valence-electron chi connectivity index (χ0n) is 16.6. The highest BCUT2D eigenvalue weighted by atomic mass is 16.7. The molecule has 3 aromatic rings. The van der Waals surface area contributed by atoms with E-state index in [1.807, 2.05) is 24.3 Å². The lowest BCUT2D eigenvalue weighted by Crippen LogP contribution is -2.52. The number of nitro groups is 1. The molecular weight excluding hydrogens is 398 g/mol. The molecule has 1 atom stereocenters. The van der Waals surface area contributed by atoms with E-state index >= 15 is 0 Å². The standard InChI is InChI=1S/C23H21N3O5/c27-22(25(26(29)30)20-14-8-3-9-15-20)21(16-18-10-4-1-5-11-18)24-23(28)31-17-19-12-6-2-7-13-19/h1-15,21H,16-17H2,(H,24,28)/t21-/m0/s1. The van der Waals surface area contributed by atoms with E-state index in [1.54, 1.807) is 54.6 Å². The van der Waals surface area contributed by atoms with Crippen molar-refractivity contribution in [3.05, 3.63) is 112 Å². The molecule has 0 aliphatic heterocycles. The topological polar surface area (TPSA) is 102 Å². The van der Waals surface area contributed by atoms with Gasteiger partial charge in [-0.1, -0.05) is 78.9 Å². The Bertz CT molecular complexity index is 1010. The Morgan fingerprint density at radius 3 is 1.94 bits per heavy atom. The molecule has 3 aromatic carbocycles. The smallest absolute Gasteiger partial charge is 0.408 e.